The van der Waals surface area contributed by atoms with Crippen LogP contribution >= 0.6 is 0 Å². The van der Waals surface area contributed by atoms with Crippen molar-refractivity contribution in [3.05, 3.63) is 71.0 Å². The summed E-state index contributed by atoms with van der Waals surface area (Å²) in [5.41, 5.74) is 26.2. The van der Waals surface area contributed by atoms with Crippen molar-refractivity contribution in [3.63, 3.8) is 0 Å². The SMILES string of the molecule is CCCC(N)Nc1nc(NNC(CCC)Nc2nc(N)nc3cn(Cc4ccc(CN5CCN(CCO)CC5)cc4OC)nc23)nc2cn(Cc3ccc(CN4CCNCC4)cc3OC)nc12. The molecule has 8 rings (SSSR count). The Morgan fingerprint density at radius 2 is 1.27 bits per heavy atom. The molecule has 360 valence electrons. The average molecular weight is 921 g/mol. The number of aliphatic hydroxyl groups excluding tert-OH is 1. The number of rotatable bonds is 23. The second-order valence-corrected chi connectivity index (χ2v) is 17.4. The van der Waals surface area contributed by atoms with Gasteiger partial charge in [-0.05, 0) is 36.1 Å². The topological polar surface area (TPSA) is 248 Å². The molecule has 21 nitrogen and oxygen atoms in total. The molecule has 2 fully saturated rings. The fraction of sp³-hybridized carbons (Fsp3) is 0.522. The molecule has 6 aromatic rings. The van der Waals surface area contributed by atoms with Gasteiger partial charge in [0.1, 0.15) is 22.5 Å². The first-order valence-electron chi connectivity index (χ1n) is 23.6. The Hall–Kier alpha value is -5.94. The molecule has 2 atom stereocenters. The van der Waals surface area contributed by atoms with E-state index >= 15 is 0 Å². The summed E-state index contributed by atoms with van der Waals surface area (Å²) >= 11 is 0. The summed E-state index contributed by atoms with van der Waals surface area (Å²) in [7, 11) is 3.41. The third-order valence-corrected chi connectivity index (χ3v) is 12.3. The van der Waals surface area contributed by atoms with E-state index in [2.05, 4.69) is 102 Å². The maximum Gasteiger partial charge on any atom is 0.240 e. The second-order valence-electron chi connectivity index (χ2n) is 17.4. The van der Waals surface area contributed by atoms with E-state index in [4.69, 9.17) is 41.1 Å². The van der Waals surface area contributed by atoms with E-state index in [1.807, 2.05) is 21.8 Å². The maximum atomic E-state index is 9.30. The van der Waals surface area contributed by atoms with Crippen LogP contribution < -0.4 is 47.7 Å². The Balaban J connectivity index is 0.964. The summed E-state index contributed by atoms with van der Waals surface area (Å²) < 4.78 is 15.4. The Bertz CT molecular complexity index is 2540. The van der Waals surface area contributed by atoms with Crippen molar-refractivity contribution in [1.82, 2.24) is 64.9 Å². The van der Waals surface area contributed by atoms with Crippen LogP contribution in [0.25, 0.3) is 22.1 Å². The zero-order chi connectivity index (χ0) is 46.7. The van der Waals surface area contributed by atoms with Crippen molar-refractivity contribution in [2.24, 2.45) is 5.73 Å². The molecule has 2 saturated heterocycles. The normalized spacial score (nSPS) is 16.1. The minimum Gasteiger partial charge on any atom is -0.496 e. The summed E-state index contributed by atoms with van der Waals surface area (Å²) in [4.78, 5) is 26.0. The number of piperazine rings is 2. The highest BCUT2D eigenvalue weighted by atomic mass is 16.5. The third kappa shape index (κ3) is 12.3. The number of nitrogens with one attached hydrogen (secondary N) is 5. The van der Waals surface area contributed by atoms with Gasteiger partial charge < -0.3 is 42.0 Å². The van der Waals surface area contributed by atoms with Gasteiger partial charge in [-0.3, -0.25) is 29.5 Å². The van der Waals surface area contributed by atoms with Gasteiger partial charge in [-0.1, -0.05) is 51.0 Å². The van der Waals surface area contributed by atoms with Gasteiger partial charge in [-0.2, -0.15) is 20.2 Å². The number of hydrazine groups is 1. The van der Waals surface area contributed by atoms with Crippen LogP contribution in [-0.2, 0) is 26.2 Å². The van der Waals surface area contributed by atoms with Crippen molar-refractivity contribution >= 4 is 45.6 Å². The molecule has 0 saturated carbocycles. The fourth-order valence-corrected chi connectivity index (χ4v) is 8.78. The molecule has 2 unspecified atom stereocenters. The summed E-state index contributed by atoms with van der Waals surface area (Å²) in [6.45, 7) is 15.7. The Labute approximate surface area is 392 Å². The maximum absolute atomic E-state index is 9.30. The number of aliphatic hydroxyl groups is 1. The summed E-state index contributed by atoms with van der Waals surface area (Å²) in [5.74, 6) is 3.11. The van der Waals surface area contributed by atoms with Gasteiger partial charge in [0.2, 0.25) is 11.9 Å². The minimum atomic E-state index is -0.333. The van der Waals surface area contributed by atoms with Gasteiger partial charge in [-0.25, -0.2) is 15.4 Å². The molecule has 0 bridgehead atoms. The van der Waals surface area contributed by atoms with Crippen molar-refractivity contribution in [1.29, 1.82) is 0 Å². The number of β-amino-alcohol motifs (C(OH)–C–C–N with tert-alkyl or cyclic N) is 1. The van der Waals surface area contributed by atoms with E-state index in [-0.39, 0.29) is 24.9 Å². The van der Waals surface area contributed by atoms with Crippen molar-refractivity contribution in [2.45, 2.75) is 78.0 Å². The van der Waals surface area contributed by atoms with Gasteiger partial charge in [0.25, 0.3) is 0 Å². The fourth-order valence-electron chi connectivity index (χ4n) is 8.78. The van der Waals surface area contributed by atoms with E-state index in [9.17, 15) is 5.11 Å². The predicted octanol–water partition coefficient (Wildman–Crippen LogP) is 2.83. The Morgan fingerprint density at radius 1 is 0.701 bits per heavy atom. The molecule has 21 heteroatoms. The lowest BCUT2D eigenvalue weighted by molar-refractivity contribution is 0.108. The average Bonchev–Trinajstić information content (AvgIpc) is 3.94. The quantitative estimate of drug-likeness (QED) is 0.0340. The molecule has 2 aliphatic rings. The van der Waals surface area contributed by atoms with Crippen LogP contribution in [0.1, 0.15) is 61.8 Å². The van der Waals surface area contributed by atoms with E-state index in [1.165, 1.54) is 11.1 Å². The lowest BCUT2D eigenvalue weighted by Crippen LogP contribution is -2.46. The van der Waals surface area contributed by atoms with Crippen molar-refractivity contribution in [3.8, 4) is 11.5 Å². The molecule has 0 radical (unpaired) electrons. The summed E-state index contributed by atoms with van der Waals surface area (Å²) in [6, 6.07) is 12.8. The first-order valence-corrected chi connectivity index (χ1v) is 23.6. The Kier molecular flexibility index (Phi) is 16.1. The number of nitrogen functional groups attached to an aromatic ring is 1. The highest BCUT2D eigenvalue weighted by molar-refractivity contribution is 5.87. The molecular formula is C46H68N18O3. The molecule has 0 amide bonds. The van der Waals surface area contributed by atoms with Crippen LogP contribution in [0.3, 0.4) is 0 Å². The smallest absolute Gasteiger partial charge is 0.240 e. The van der Waals surface area contributed by atoms with E-state index in [0.717, 1.165) is 114 Å². The number of nitrogens with zero attached hydrogens (tertiary/aromatic N) is 11. The first kappa shape index (κ1) is 47.5. The van der Waals surface area contributed by atoms with E-state index in [1.54, 1.807) is 14.2 Å². The van der Waals surface area contributed by atoms with Gasteiger partial charge in [0, 0.05) is 83.1 Å². The number of methoxy groups -OCH3 is 2. The van der Waals surface area contributed by atoms with Crippen molar-refractivity contribution in [2.75, 3.05) is 102 Å². The van der Waals surface area contributed by atoms with Gasteiger partial charge in [0.15, 0.2) is 22.7 Å². The molecule has 6 heterocycles. The van der Waals surface area contributed by atoms with Crippen LogP contribution in [0, 0.1) is 0 Å². The van der Waals surface area contributed by atoms with E-state index < -0.39 is 0 Å². The number of ether oxygens (including phenoxy) is 2. The largest absolute Gasteiger partial charge is 0.496 e. The first-order chi connectivity index (χ1) is 32.7. The van der Waals surface area contributed by atoms with Crippen LogP contribution in [0.5, 0.6) is 11.5 Å². The summed E-state index contributed by atoms with van der Waals surface area (Å²) in [6.07, 6.45) is 6.36. The molecule has 2 aromatic carbocycles. The van der Waals surface area contributed by atoms with E-state index in [0.29, 0.717) is 59.2 Å². The molecule has 0 aliphatic carbocycles. The van der Waals surface area contributed by atoms with Gasteiger partial charge in [-0.15, -0.1) is 0 Å². The number of aromatic nitrogens is 8. The molecule has 2 aliphatic heterocycles. The zero-order valence-corrected chi connectivity index (χ0v) is 39.3. The standard InChI is InChI=1S/C46H68N18O3/c1-5-7-39(47)52-43-42-36(30-64(59-42)28-34-11-9-31(23-37(34)66-3)25-61-15-13-49-14-16-61)51-46(55-43)57-56-40(8-6-2)53-44-41-35(50-45(48)54-44)29-63(58-41)27-33-12-10-32(24-38(33)67-4)26-62-19-17-60(18-20-62)21-22-65/h9-12,23-24,29-30,39-40,49,56,65H,5-8,13-22,25-28,47H2,1-4H3,(H3,48,50,53,54)(H2,51,52,55,57). The number of anilines is 4. The number of nitrogens with two attached hydrogens (primary N) is 2. The van der Waals surface area contributed by atoms with Crippen LogP contribution in [-0.4, -0.2) is 151 Å². The summed E-state index contributed by atoms with van der Waals surface area (Å²) in [5, 5.41) is 29.5. The monoisotopic (exact) mass is 921 g/mol. The lowest BCUT2D eigenvalue weighted by atomic mass is 10.1. The number of hydrogen-bond acceptors (Lipinski definition) is 19. The van der Waals surface area contributed by atoms with Gasteiger partial charge in [0.05, 0.1) is 58.6 Å². The third-order valence-electron chi connectivity index (χ3n) is 12.3. The minimum absolute atomic E-state index is 0.130. The number of fused-ring (bicyclic) bond motifs is 2. The molecule has 10 N–H and O–H groups in total. The second kappa shape index (κ2) is 22.7. The van der Waals surface area contributed by atoms with Gasteiger partial charge >= 0.3 is 0 Å². The van der Waals surface area contributed by atoms with Crippen LogP contribution in [0.15, 0.2) is 48.8 Å². The van der Waals surface area contributed by atoms with Crippen LogP contribution in [0.2, 0.25) is 0 Å². The predicted molar refractivity (Wildman–Crippen MR) is 262 cm³/mol. The van der Waals surface area contributed by atoms with Crippen LogP contribution in [0.4, 0.5) is 23.5 Å². The van der Waals surface area contributed by atoms with Crippen molar-refractivity contribution < 1.29 is 14.6 Å². The molecular weight excluding hydrogens is 853 g/mol. The molecule has 4 aromatic heterocycles. The highest BCUT2D eigenvalue weighted by Gasteiger charge is 2.21. The number of hydrogen-bond donors (Lipinski definition) is 8. The highest BCUT2D eigenvalue weighted by Crippen LogP contribution is 2.28. The number of benzene rings is 2. The zero-order valence-electron chi connectivity index (χ0n) is 39.3. The molecule has 67 heavy (non-hydrogen) atoms. The molecule has 0 spiro atoms. The lowest BCUT2D eigenvalue weighted by Gasteiger charge is -2.34. The Morgan fingerprint density at radius 3 is 1.85 bits per heavy atom.